The summed E-state index contributed by atoms with van der Waals surface area (Å²) in [6.45, 7) is 1.37. The summed E-state index contributed by atoms with van der Waals surface area (Å²) in [7, 11) is 0. The van der Waals surface area contributed by atoms with Crippen molar-refractivity contribution in [1.82, 2.24) is 19.7 Å². The van der Waals surface area contributed by atoms with Crippen LogP contribution in [0.1, 0.15) is 12.8 Å². The molecular weight excluding hydrogens is 471 g/mol. The summed E-state index contributed by atoms with van der Waals surface area (Å²) < 4.78 is 1.91. The van der Waals surface area contributed by atoms with Crippen molar-refractivity contribution < 1.29 is 4.79 Å². The zero-order chi connectivity index (χ0) is 23.5. The fraction of sp³-hybridized carbons (Fsp3) is 0.200. The van der Waals surface area contributed by atoms with E-state index in [4.69, 9.17) is 23.2 Å². The van der Waals surface area contributed by atoms with Crippen LogP contribution in [0.25, 0.3) is 17.2 Å². The largest absolute Gasteiger partial charge is 0.354 e. The molecule has 1 atom stereocenters. The van der Waals surface area contributed by atoms with Gasteiger partial charge >= 0.3 is 0 Å². The van der Waals surface area contributed by atoms with E-state index in [0.717, 1.165) is 36.6 Å². The molecule has 0 aliphatic carbocycles. The van der Waals surface area contributed by atoms with E-state index in [1.165, 1.54) is 0 Å². The Morgan fingerprint density at radius 2 is 1.79 bits per heavy atom. The highest BCUT2D eigenvalue weighted by Crippen LogP contribution is 2.28. The van der Waals surface area contributed by atoms with Crippen molar-refractivity contribution in [3.63, 3.8) is 0 Å². The second-order valence-electron chi connectivity index (χ2n) is 8.14. The number of aromatic nitrogens is 4. The van der Waals surface area contributed by atoms with Crippen molar-refractivity contribution in [1.29, 1.82) is 0 Å². The molecule has 0 bridgehead atoms. The smallest absolute Gasteiger partial charge is 0.229 e. The summed E-state index contributed by atoms with van der Waals surface area (Å²) >= 11 is 12.2. The predicted octanol–water partition coefficient (Wildman–Crippen LogP) is 5.49. The zero-order valence-electron chi connectivity index (χ0n) is 18.2. The molecule has 9 heteroatoms. The summed E-state index contributed by atoms with van der Waals surface area (Å²) in [5, 5.41) is 12.8. The number of hydrogen-bond donors (Lipinski definition) is 1. The van der Waals surface area contributed by atoms with Gasteiger partial charge in [-0.1, -0.05) is 53.5 Å². The molecule has 5 rings (SSSR count). The van der Waals surface area contributed by atoms with E-state index >= 15 is 0 Å². The lowest BCUT2D eigenvalue weighted by Gasteiger charge is -2.32. The summed E-state index contributed by atoms with van der Waals surface area (Å²) in [6, 6.07) is 18.8. The average molecular weight is 493 g/mol. The highest BCUT2D eigenvalue weighted by molar-refractivity contribution is 6.35. The lowest BCUT2D eigenvalue weighted by atomic mass is 9.97. The number of amides is 1. The Hall–Kier alpha value is -3.42. The van der Waals surface area contributed by atoms with E-state index in [-0.39, 0.29) is 11.8 Å². The minimum atomic E-state index is -0.191. The van der Waals surface area contributed by atoms with Crippen LogP contribution in [0, 0.1) is 5.92 Å². The standard InChI is InChI=1S/C25H22Cl2N6O/c26-19-8-9-20(27)21(15-19)29-25(34)18-7-4-13-32(16-18)22-10-11-23(31-30-22)33-14-12-28-24(33)17-5-2-1-3-6-17/h1-3,5-6,8-12,14-15,18H,4,7,13,16H2,(H,29,34). The van der Waals surface area contributed by atoms with Crippen LogP contribution in [0.4, 0.5) is 11.5 Å². The second kappa shape index (κ2) is 9.83. The van der Waals surface area contributed by atoms with Crippen LogP contribution in [-0.4, -0.2) is 38.7 Å². The Kier molecular flexibility index (Phi) is 6.47. The van der Waals surface area contributed by atoms with Crippen LogP contribution in [-0.2, 0) is 4.79 Å². The van der Waals surface area contributed by atoms with E-state index in [0.29, 0.717) is 28.1 Å². The summed E-state index contributed by atoms with van der Waals surface area (Å²) in [5.41, 5.74) is 1.53. The van der Waals surface area contributed by atoms with Crippen LogP contribution in [0.15, 0.2) is 73.1 Å². The van der Waals surface area contributed by atoms with Gasteiger partial charge in [0, 0.05) is 36.1 Å². The molecule has 3 heterocycles. The molecule has 1 amide bonds. The maximum absolute atomic E-state index is 12.9. The molecule has 0 saturated carbocycles. The van der Waals surface area contributed by atoms with Crippen LogP contribution in [0.2, 0.25) is 10.0 Å². The van der Waals surface area contributed by atoms with Gasteiger partial charge in [-0.3, -0.25) is 9.36 Å². The molecule has 1 N–H and O–H groups in total. The third-order valence-corrected chi connectivity index (χ3v) is 6.42. The zero-order valence-corrected chi connectivity index (χ0v) is 19.7. The second-order valence-corrected chi connectivity index (χ2v) is 8.98. The van der Waals surface area contributed by atoms with Gasteiger partial charge in [-0.2, -0.15) is 0 Å². The SMILES string of the molecule is O=C(Nc1cc(Cl)ccc1Cl)C1CCCN(c2ccc(-n3ccnc3-c3ccccc3)nn2)C1. The van der Waals surface area contributed by atoms with Crippen molar-refractivity contribution in [2.75, 3.05) is 23.3 Å². The van der Waals surface area contributed by atoms with Gasteiger partial charge in [0.1, 0.15) is 5.82 Å². The number of nitrogens with zero attached hydrogens (tertiary/aromatic N) is 5. The highest BCUT2D eigenvalue weighted by atomic mass is 35.5. The lowest BCUT2D eigenvalue weighted by molar-refractivity contribution is -0.120. The number of nitrogens with one attached hydrogen (secondary N) is 1. The van der Waals surface area contributed by atoms with E-state index in [2.05, 4.69) is 25.4 Å². The molecule has 1 fully saturated rings. The van der Waals surface area contributed by atoms with E-state index in [9.17, 15) is 4.79 Å². The molecular formula is C25H22Cl2N6O. The minimum Gasteiger partial charge on any atom is -0.354 e. The first kappa shape index (κ1) is 22.4. The molecule has 1 saturated heterocycles. The first-order valence-corrected chi connectivity index (χ1v) is 11.8. The summed E-state index contributed by atoms with van der Waals surface area (Å²) in [4.78, 5) is 19.5. The molecule has 1 aliphatic rings. The molecule has 7 nitrogen and oxygen atoms in total. The van der Waals surface area contributed by atoms with Gasteiger partial charge < -0.3 is 10.2 Å². The number of hydrogen-bond acceptors (Lipinski definition) is 5. The third-order valence-electron chi connectivity index (χ3n) is 5.86. The number of carbonyl (C=O) groups is 1. The fourth-order valence-electron chi connectivity index (χ4n) is 4.13. The molecule has 0 spiro atoms. The molecule has 1 aliphatic heterocycles. The Morgan fingerprint density at radius 1 is 1.00 bits per heavy atom. The van der Waals surface area contributed by atoms with Crippen molar-refractivity contribution in [3.8, 4) is 17.2 Å². The van der Waals surface area contributed by atoms with Crippen molar-refractivity contribution >= 4 is 40.6 Å². The van der Waals surface area contributed by atoms with Gasteiger partial charge in [-0.15, -0.1) is 10.2 Å². The highest BCUT2D eigenvalue weighted by Gasteiger charge is 2.27. The van der Waals surface area contributed by atoms with E-state index in [1.54, 1.807) is 24.4 Å². The molecule has 1 unspecified atom stereocenters. The molecule has 2 aromatic heterocycles. The Labute approximate surface area is 207 Å². The molecule has 172 valence electrons. The number of anilines is 2. The van der Waals surface area contributed by atoms with Crippen LogP contribution in [0.3, 0.4) is 0 Å². The van der Waals surface area contributed by atoms with Gasteiger partial charge in [0.15, 0.2) is 11.6 Å². The summed E-state index contributed by atoms with van der Waals surface area (Å²) in [5.74, 6) is 1.95. The summed E-state index contributed by atoms with van der Waals surface area (Å²) in [6.07, 6.45) is 5.29. The van der Waals surface area contributed by atoms with Crippen LogP contribution >= 0.6 is 23.2 Å². The monoisotopic (exact) mass is 492 g/mol. The van der Waals surface area contributed by atoms with E-state index < -0.39 is 0 Å². The number of imidazole rings is 1. The number of rotatable bonds is 5. The van der Waals surface area contributed by atoms with Gasteiger partial charge in [0.05, 0.1) is 16.6 Å². The minimum absolute atomic E-state index is 0.0793. The number of benzene rings is 2. The van der Waals surface area contributed by atoms with Crippen molar-refractivity contribution in [2.24, 2.45) is 5.92 Å². The number of carbonyl (C=O) groups excluding carboxylic acids is 1. The first-order chi connectivity index (χ1) is 16.6. The fourth-order valence-corrected chi connectivity index (χ4v) is 4.47. The van der Waals surface area contributed by atoms with Gasteiger partial charge in [0.2, 0.25) is 5.91 Å². The molecule has 34 heavy (non-hydrogen) atoms. The normalized spacial score (nSPS) is 15.8. The third kappa shape index (κ3) is 4.76. The Bertz CT molecular complexity index is 1290. The number of piperidine rings is 1. The molecule has 2 aromatic carbocycles. The maximum atomic E-state index is 12.9. The topological polar surface area (TPSA) is 75.9 Å². The van der Waals surface area contributed by atoms with Gasteiger partial charge in [-0.05, 0) is 43.2 Å². The first-order valence-electron chi connectivity index (χ1n) is 11.0. The van der Waals surface area contributed by atoms with Gasteiger partial charge in [-0.25, -0.2) is 4.98 Å². The Balaban J connectivity index is 1.29. The maximum Gasteiger partial charge on any atom is 0.229 e. The quantitative estimate of drug-likeness (QED) is 0.398. The van der Waals surface area contributed by atoms with Crippen molar-refractivity contribution in [3.05, 3.63) is 83.1 Å². The lowest BCUT2D eigenvalue weighted by Crippen LogP contribution is -2.41. The van der Waals surface area contributed by atoms with Crippen molar-refractivity contribution in [2.45, 2.75) is 12.8 Å². The van der Waals surface area contributed by atoms with Crippen LogP contribution in [0.5, 0.6) is 0 Å². The molecule has 4 aromatic rings. The molecule has 0 radical (unpaired) electrons. The Morgan fingerprint density at radius 3 is 2.59 bits per heavy atom. The number of halogens is 2. The predicted molar refractivity (Wildman–Crippen MR) is 135 cm³/mol. The van der Waals surface area contributed by atoms with Gasteiger partial charge in [0.25, 0.3) is 0 Å². The average Bonchev–Trinajstić information content (AvgIpc) is 3.37. The van der Waals surface area contributed by atoms with Crippen LogP contribution < -0.4 is 10.2 Å². The van der Waals surface area contributed by atoms with E-state index in [1.807, 2.05) is 53.2 Å².